The maximum Gasteiger partial charge on any atom is 0.257 e. The van der Waals surface area contributed by atoms with Crippen molar-refractivity contribution in [1.82, 2.24) is 9.97 Å². The van der Waals surface area contributed by atoms with Gasteiger partial charge in [-0.1, -0.05) is 11.6 Å². The van der Waals surface area contributed by atoms with E-state index in [0.717, 1.165) is 27.8 Å². The van der Waals surface area contributed by atoms with Crippen LogP contribution >= 0.6 is 11.6 Å². The molecule has 110 valence electrons. The SMILES string of the molecule is Cc1cc(NC(=O)c2cccnc2)c2ccc(Cl)c(C)c2n1. The lowest BCUT2D eigenvalue weighted by atomic mass is 10.1. The summed E-state index contributed by atoms with van der Waals surface area (Å²) < 4.78 is 0. The molecule has 0 unspecified atom stereocenters. The lowest BCUT2D eigenvalue weighted by Crippen LogP contribution is -2.12. The van der Waals surface area contributed by atoms with Gasteiger partial charge in [0.2, 0.25) is 0 Å². The van der Waals surface area contributed by atoms with Gasteiger partial charge in [-0.25, -0.2) is 0 Å². The summed E-state index contributed by atoms with van der Waals surface area (Å²) in [6.45, 7) is 3.81. The summed E-state index contributed by atoms with van der Waals surface area (Å²) in [6.07, 6.45) is 3.17. The Morgan fingerprint density at radius 1 is 1.23 bits per heavy atom. The number of halogens is 1. The number of carbonyl (C=O) groups excluding carboxylic acids is 1. The number of anilines is 1. The van der Waals surface area contributed by atoms with Gasteiger partial charge in [-0.05, 0) is 49.7 Å². The Morgan fingerprint density at radius 2 is 2.05 bits per heavy atom. The third kappa shape index (κ3) is 2.65. The van der Waals surface area contributed by atoms with E-state index in [1.54, 1.807) is 18.3 Å². The summed E-state index contributed by atoms with van der Waals surface area (Å²) in [7, 11) is 0. The summed E-state index contributed by atoms with van der Waals surface area (Å²) in [5, 5.41) is 4.45. The zero-order valence-corrected chi connectivity index (χ0v) is 13.0. The molecule has 1 aromatic carbocycles. The Kier molecular flexibility index (Phi) is 3.77. The smallest absolute Gasteiger partial charge is 0.257 e. The van der Waals surface area contributed by atoms with Gasteiger partial charge in [-0.15, -0.1) is 0 Å². The lowest BCUT2D eigenvalue weighted by Gasteiger charge is -2.12. The first-order chi connectivity index (χ1) is 10.6. The fraction of sp³-hybridized carbons (Fsp3) is 0.118. The number of aryl methyl sites for hydroxylation is 2. The van der Waals surface area contributed by atoms with Crippen LogP contribution in [0.4, 0.5) is 5.69 Å². The molecule has 1 amide bonds. The highest BCUT2D eigenvalue weighted by Gasteiger charge is 2.12. The molecule has 0 atom stereocenters. The third-order valence-electron chi connectivity index (χ3n) is 3.47. The summed E-state index contributed by atoms with van der Waals surface area (Å²) in [6, 6.07) is 8.99. The Bertz CT molecular complexity index is 863. The minimum Gasteiger partial charge on any atom is -0.321 e. The zero-order valence-electron chi connectivity index (χ0n) is 12.2. The van der Waals surface area contributed by atoms with E-state index < -0.39 is 0 Å². The average molecular weight is 312 g/mol. The quantitative estimate of drug-likeness (QED) is 0.773. The molecule has 0 aliphatic heterocycles. The van der Waals surface area contributed by atoms with Gasteiger partial charge in [0.05, 0.1) is 16.8 Å². The van der Waals surface area contributed by atoms with Gasteiger partial charge in [0.25, 0.3) is 5.91 Å². The number of hydrogen-bond donors (Lipinski definition) is 1. The van der Waals surface area contributed by atoms with Crippen molar-refractivity contribution in [3.63, 3.8) is 0 Å². The topological polar surface area (TPSA) is 54.9 Å². The van der Waals surface area contributed by atoms with Gasteiger partial charge in [-0.2, -0.15) is 0 Å². The van der Waals surface area contributed by atoms with Crippen molar-refractivity contribution in [2.45, 2.75) is 13.8 Å². The minimum atomic E-state index is -0.201. The first-order valence-electron chi connectivity index (χ1n) is 6.84. The normalized spacial score (nSPS) is 10.7. The maximum atomic E-state index is 12.3. The van der Waals surface area contributed by atoms with E-state index >= 15 is 0 Å². The molecule has 0 radical (unpaired) electrons. The Labute approximate surface area is 133 Å². The first-order valence-corrected chi connectivity index (χ1v) is 7.22. The van der Waals surface area contributed by atoms with E-state index in [9.17, 15) is 4.79 Å². The van der Waals surface area contributed by atoms with E-state index in [-0.39, 0.29) is 5.91 Å². The van der Waals surface area contributed by atoms with Crippen LogP contribution in [0.3, 0.4) is 0 Å². The number of aromatic nitrogens is 2. The highest BCUT2D eigenvalue weighted by molar-refractivity contribution is 6.32. The van der Waals surface area contributed by atoms with Crippen LogP contribution in [-0.2, 0) is 0 Å². The molecule has 0 aliphatic rings. The van der Waals surface area contributed by atoms with E-state index in [4.69, 9.17) is 11.6 Å². The summed E-state index contributed by atoms with van der Waals surface area (Å²) >= 11 is 6.16. The number of benzene rings is 1. The largest absolute Gasteiger partial charge is 0.321 e. The number of carbonyl (C=O) groups is 1. The van der Waals surface area contributed by atoms with E-state index in [2.05, 4.69) is 15.3 Å². The summed E-state index contributed by atoms with van der Waals surface area (Å²) in [5.41, 5.74) is 3.75. The van der Waals surface area contributed by atoms with Crippen LogP contribution in [0, 0.1) is 13.8 Å². The number of nitrogens with one attached hydrogen (secondary N) is 1. The van der Waals surface area contributed by atoms with E-state index in [1.807, 2.05) is 32.0 Å². The molecule has 3 rings (SSSR count). The number of rotatable bonds is 2. The molecule has 1 N–H and O–H groups in total. The highest BCUT2D eigenvalue weighted by Crippen LogP contribution is 2.29. The molecule has 0 saturated carbocycles. The fourth-order valence-corrected chi connectivity index (χ4v) is 2.48. The molecule has 0 spiro atoms. The number of amides is 1. The predicted molar refractivity (Wildman–Crippen MR) is 88.4 cm³/mol. The standard InChI is InChI=1S/C17H14ClN3O/c1-10-8-15(21-17(22)12-4-3-7-19-9-12)13-5-6-14(18)11(2)16(13)20-10/h3-9H,1-2H3,(H,20,21,22). The van der Waals surface area contributed by atoms with Crippen molar-refractivity contribution in [2.75, 3.05) is 5.32 Å². The third-order valence-corrected chi connectivity index (χ3v) is 3.88. The average Bonchev–Trinajstić information content (AvgIpc) is 2.52. The second-order valence-corrected chi connectivity index (χ2v) is 5.48. The van der Waals surface area contributed by atoms with Gasteiger partial charge >= 0.3 is 0 Å². The molecule has 0 saturated heterocycles. The van der Waals surface area contributed by atoms with Crippen LogP contribution in [0.25, 0.3) is 10.9 Å². The lowest BCUT2D eigenvalue weighted by molar-refractivity contribution is 0.102. The van der Waals surface area contributed by atoms with Gasteiger partial charge in [0.15, 0.2) is 0 Å². The Balaban J connectivity index is 2.08. The molecule has 2 heterocycles. The summed E-state index contributed by atoms with van der Waals surface area (Å²) in [4.78, 5) is 20.8. The number of fused-ring (bicyclic) bond motifs is 1. The molecular formula is C17H14ClN3O. The van der Waals surface area contributed by atoms with Crippen molar-refractivity contribution in [2.24, 2.45) is 0 Å². The van der Waals surface area contributed by atoms with Crippen LogP contribution in [0.1, 0.15) is 21.6 Å². The summed E-state index contributed by atoms with van der Waals surface area (Å²) in [5.74, 6) is -0.201. The predicted octanol–water partition coefficient (Wildman–Crippen LogP) is 4.15. The van der Waals surface area contributed by atoms with Crippen molar-refractivity contribution < 1.29 is 4.79 Å². The van der Waals surface area contributed by atoms with Crippen molar-refractivity contribution in [3.8, 4) is 0 Å². The minimum absolute atomic E-state index is 0.201. The first kappa shape index (κ1) is 14.5. The Morgan fingerprint density at radius 3 is 2.77 bits per heavy atom. The van der Waals surface area contributed by atoms with Crippen LogP contribution in [0.2, 0.25) is 5.02 Å². The van der Waals surface area contributed by atoms with Crippen molar-refractivity contribution >= 4 is 34.1 Å². The van der Waals surface area contributed by atoms with Crippen LogP contribution in [-0.4, -0.2) is 15.9 Å². The maximum absolute atomic E-state index is 12.3. The van der Waals surface area contributed by atoms with Gasteiger partial charge in [0.1, 0.15) is 0 Å². The molecule has 2 aromatic heterocycles. The second kappa shape index (κ2) is 5.73. The highest BCUT2D eigenvalue weighted by atomic mass is 35.5. The van der Waals surface area contributed by atoms with Crippen LogP contribution in [0.5, 0.6) is 0 Å². The number of hydrogen-bond acceptors (Lipinski definition) is 3. The molecule has 22 heavy (non-hydrogen) atoms. The number of nitrogens with zero attached hydrogens (tertiary/aromatic N) is 2. The van der Waals surface area contributed by atoms with Crippen molar-refractivity contribution in [1.29, 1.82) is 0 Å². The van der Waals surface area contributed by atoms with E-state index in [1.165, 1.54) is 6.20 Å². The Hall–Kier alpha value is -2.46. The number of pyridine rings is 2. The van der Waals surface area contributed by atoms with Gasteiger partial charge in [-0.3, -0.25) is 14.8 Å². The second-order valence-electron chi connectivity index (χ2n) is 5.08. The molecule has 3 aromatic rings. The molecule has 4 nitrogen and oxygen atoms in total. The van der Waals surface area contributed by atoms with Crippen molar-refractivity contribution in [3.05, 3.63) is 64.6 Å². The van der Waals surface area contributed by atoms with Crippen LogP contribution in [0.15, 0.2) is 42.7 Å². The van der Waals surface area contributed by atoms with Gasteiger partial charge in [0, 0.05) is 28.5 Å². The zero-order chi connectivity index (χ0) is 15.7. The molecule has 5 heteroatoms. The fourth-order valence-electron chi connectivity index (χ4n) is 2.33. The molecule has 0 aliphatic carbocycles. The molecule has 0 bridgehead atoms. The monoisotopic (exact) mass is 311 g/mol. The van der Waals surface area contributed by atoms with Gasteiger partial charge < -0.3 is 5.32 Å². The van der Waals surface area contributed by atoms with Crippen LogP contribution < -0.4 is 5.32 Å². The van der Waals surface area contributed by atoms with E-state index in [0.29, 0.717) is 10.6 Å². The molecule has 0 fully saturated rings. The molecular weight excluding hydrogens is 298 g/mol.